The van der Waals surface area contributed by atoms with Gasteiger partial charge in [-0.25, -0.2) is 4.98 Å². The van der Waals surface area contributed by atoms with Crippen molar-refractivity contribution in [1.82, 2.24) is 9.55 Å². The maximum absolute atomic E-state index is 13.0. The summed E-state index contributed by atoms with van der Waals surface area (Å²) in [4.78, 5) is 40.7. The van der Waals surface area contributed by atoms with Gasteiger partial charge in [-0.05, 0) is 37.1 Å². The molecule has 3 aromatic rings. The van der Waals surface area contributed by atoms with Crippen LogP contribution in [0.3, 0.4) is 0 Å². The number of nitrogens with one attached hydrogen (secondary N) is 1. The number of halogens is 1. The third-order valence-electron chi connectivity index (χ3n) is 4.54. The molecule has 0 atom stereocenters. The average Bonchev–Trinajstić information content (AvgIpc) is 2.70. The lowest BCUT2D eigenvalue weighted by Crippen LogP contribution is -2.26. The van der Waals surface area contributed by atoms with Crippen LogP contribution in [-0.4, -0.2) is 26.1 Å². The van der Waals surface area contributed by atoms with Crippen molar-refractivity contribution in [3.63, 3.8) is 0 Å². The van der Waals surface area contributed by atoms with E-state index < -0.39 is 4.92 Å². The summed E-state index contributed by atoms with van der Waals surface area (Å²) in [6, 6.07) is 9.44. The zero-order valence-corrected chi connectivity index (χ0v) is 18.8. The summed E-state index contributed by atoms with van der Waals surface area (Å²) in [7, 11) is 0. The number of benzene rings is 2. The van der Waals surface area contributed by atoms with Crippen LogP contribution in [0, 0.1) is 23.0 Å². The van der Waals surface area contributed by atoms with Crippen molar-refractivity contribution in [3.05, 3.63) is 67.5 Å². The second-order valence-electron chi connectivity index (χ2n) is 7.41. The third kappa shape index (κ3) is 5.23. The number of nitro benzene ring substituents is 1. The molecule has 8 nitrogen and oxygen atoms in total. The van der Waals surface area contributed by atoms with Gasteiger partial charge in [0, 0.05) is 17.6 Å². The molecule has 0 radical (unpaired) electrons. The van der Waals surface area contributed by atoms with Crippen LogP contribution in [0.25, 0.3) is 10.9 Å². The Morgan fingerprint density at radius 1 is 1.32 bits per heavy atom. The molecule has 0 aliphatic heterocycles. The van der Waals surface area contributed by atoms with Crippen LogP contribution >= 0.6 is 23.4 Å². The number of nitro groups is 1. The number of aromatic nitrogens is 2. The van der Waals surface area contributed by atoms with Crippen LogP contribution < -0.4 is 10.9 Å². The van der Waals surface area contributed by atoms with Crippen LogP contribution in [0.15, 0.2) is 46.3 Å². The Hall–Kier alpha value is -2.91. The predicted octanol–water partition coefficient (Wildman–Crippen LogP) is 4.65. The Morgan fingerprint density at radius 2 is 2.06 bits per heavy atom. The molecule has 1 N–H and O–H groups in total. The first kappa shape index (κ1) is 22.8. The van der Waals surface area contributed by atoms with E-state index in [2.05, 4.69) is 10.3 Å². The fourth-order valence-electron chi connectivity index (χ4n) is 3.08. The number of nitrogens with zero attached hydrogens (tertiary/aromatic N) is 3. The van der Waals surface area contributed by atoms with E-state index in [1.54, 1.807) is 35.8 Å². The molecule has 1 amide bonds. The summed E-state index contributed by atoms with van der Waals surface area (Å²) in [6.07, 6.45) is 0. The van der Waals surface area contributed by atoms with Crippen molar-refractivity contribution in [2.75, 3.05) is 11.1 Å². The zero-order valence-electron chi connectivity index (χ0n) is 17.2. The minimum atomic E-state index is -0.490. The van der Waals surface area contributed by atoms with Gasteiger partial charge < -0.3 is 5.32 Å². The molecule has 1 aromatic heterocycles. The number of thioether (sulfide) groups is 1. The first-order valence-corrected chi connectivity index (χ1v) is 10.9. The SMILES string of the molecule is Cc1c(NC(=O)CSc2nc3ccc(Cl)cc3c(=O)n2CC(C)C)cccc1[N+](=O)[O-]. The molecule has 0 unspecified atom stereocenters. The van der Waals surface area contributed by atoms with Crippen LogP contribution in [0.2, 0.25) is 5.02 Å². The molecule has 0 aliphatic carbocycles. The number of fused-ring (bicyclic) bond motifs is 1. The van der Waals surface area contributed by atoms with Gasteiger partial charge in [-0.1, -0.05) is 43.3 Å². The molecular formula is C21H21ClN4O4S. The fourth-order valence-corrected chi connectivity index (χ4v) is 4.06. The molecule has 31 heavy (non-hydrogen) atoms. The van der Waals surface area contributed by atoms with Crippen LogP contribution in [0.4, 0.5) is 11.4 Å². The predicted molar refractivity (Wildman–Crippen MR) is 123 cm³/mol. The van der Waals surface area contributed by atoms with Crippen molar-refractivity contribution in [1.29, 1.82) is 0 Å². The highest BCUT2D eigenvalue weighted by Gasteiger charge is 2.17. The molecule has 10 heteroatoms. The van der Waals surface area contributed by atoms with Gasteiger partial charge in [0.1, 0.15) is 0 Å². The molecule has 3 rings (SSSR count). The number of amides is 1. The topological polar surface area (TPSA) is 107 Å². The summed E-state index contributed by atoms with van der Waals surface area (Å²) in [5.74, 6) is -0.168. The summed E-state index contributed by atoms with van der Waals surface area (Å²) in [5, 5.41) is 15.1. The number of carbonyl (C=O) groups is 1. The molecule has 0 fully saturated rings. The summed E-state index contributed by atoms with van der Waals surface area (Å²) in [5.41, 5.74) is 0.986. The number of rotatable bonds is 7. The Bertz CT molecular complexity index is 1230. The Morgan fingerprint density at radius 3 is 2.74 bits per heavy atom. The van der Waals surface area contributed by atoms with Crippen LogP contribution in [0.1, 0.15) is 19.4 Å². The van der Waals surface area contributed by atoms with E-state index in [1.165, 1.54) is 12.1 Å². The van der Waals surface area contributed by atoms with Crippen molar-refractivity contribution >= 4 is 51.5 Å². The normalized spacial score (nSPS) is 11.1. The van der Waals surface area contributed by atoms with Crippen LogP contribution in [0.5, 0.6) is 0 Å². The van der Waals surface area contributed by atoms with Gasteiger partial charge in [-0.2, -0.15) is 0 Å². The number of carbonyl (C=O) groups excluding carboxylic acids is 1. The minimum absolute atomic E-state index is 0.00817. The first-order chi connectivity index (χ1) is 14.7. The lowest BCUT2D eigenvalue weighted by Gasteiger charge is -2.15. The maximum Gasteiger partial charge on any atom is 0.274 e. The molecule has 0 bridgehead atoms. The van der Waals surface area contributed by atoms with Crippen molar-refractivity contribution in [3.8, 4) is 0 Å². The highest BCUT2D eigenvalue weighted by molar-refractivity contribution is 7.99. The van der Waals surface area contributed by atoms with Gasteiger partial charge in [-0.15, -0.1) is 0 Å². The summed E-state index contributed by atoms with van der Waals surface area (Å²) >= 11 is 7.17. The standard InChI is InChI=1S/C21H21ClN4O4S/c1-12(2)10-25-20(28)15-9-14(22)7-8-17(15)24-21(25)31-11-19(27)23-16-5-4-6-18(13(16)3)26(29)30/h4-9,12H,10-11H2,1-3H3,(H,23,27). The van der Waals surface area contributed by atoms with Crippen molar-refractivity contribution in [2.45, 2.75) is 32.5 Å². The van der Waals surface area contributed by atoms with Gasteiger partial charge in [0.25, 0.3) is 11.2 Å². The van der Waals surface area contributed by atoms with Gasteiger partial charge in [0.05, 0.1) is 32.8 Å². The van der Waals surface area contributed by atoms with E-state index in [4.69, 9.17) is 11.6 Å². The molecule has 0 spiro atoms. The number of hydrogen-bond donors (Lipinski definition) is 1. The molecule has 0 saturated carbocycles. The van der Waals surface area contributed by atoms with E-state index in [0.29, 0.717) is 38.9 Å². The Kier molecular flexibility index (Phi) is 6.97. The van der Waals surface area contributed by atoms with E-state index in [1.807, 2.05) is 13.8 Å². The molecule has 162 valence electrons. The summed E-state index contributed by atoms with van der Waals surface area (Å²) < 4.78 is 1.56. The highest BCUT2D eigenvalue weighted by Crippen LogP contribution is 2.26. The quantitative estimate of drug-likeness (QED) is 0.238. The Labute approximate surface area is 187 Å². The number of anilines is 1. The fraction of sp³-hybridized carbons (Fsp3) is 0.286. The molecule has 0 saturated heterocycles. The van der Waals surface area contributed by atoms with Gasteiger partial charge in [0.15, 0.2) is 5.16 Å². The van der Waals surface area contributed by atoms with E-state index in [0.717, 1.165) is 11.8 Å². The molecule has 1 heterocycles. The van der Waals surface area contributed by atoms with Crippen molar-refractivity contribution < 1.29 is 9.72 Å². The smallest absolute Gasteiger partial charge is 0.274 e. The summed E-state index contributed by atoms with van der Waals surface area (Å²) in [6.45, 7) is 6.00. The maximum atomic E-state index is 13.0. The van der Waals surface area contributed by atoms with Gasteiger partial charge in [0.2, 0.25) is 5.91 Å². The molecule has 0 aliphatic rings. The second-order valence-corrected chi connectivity index (χ2v) is 8.79. The number of hydrogen-bond acceptors (Lipinski definition) is 6. The highest BCUT2D eigenvalue weighted by atomic mass is 35.5. The molecule has 2 aromatic carbocycles. The van der Waals surface area contributed by atoms with E-state index in [-0.39, 0.29) is 28.8 Å². The van der Waals surface area contributed by atoms with Gasteiger partial charge in [-0.3, -0.25) is 24.3 Å². The van der Waals surface area contributed by atoms with Gasteiger partial charge >= 0.3 is 0 Å². The largest absolute Gasteiger partial charge is 0.325 e. The lowest BCUT2D eigenvalue weighted by atomic mass is 10.1. The molecular weight excluding hydrogens is 440 g/mol. The first-order valence-electron chi connectivity index (χ1n) is 9.54. The van der Waals surface area contributed by atoms with E-state index in [9.17, 15) is 19.7 Å². The van der Waals surface area contributed by atoms with Crippen LogP contribution in [-0.2, 0) is 11.3 Å². The zero-order chi connectivity index (χ0) is 22.7. The average molecular weight is 461 g/mol. The Balaban J connectivity index is 1.85. The minimum Gasteiger partial charge on any atom is -0.325 e. The lowest BCUT2D eigenvalue weighted by molar-refractivity contribution is -0.385. The third-order valence-corrected chi connectivity index (χ3v) is 5.75. The van der Waals surface area contributed by atoms with Crippen molar-refractivity contribution in [2.24, 2.45) is 5.92 Å². The monoisotopic (exact) mass is 460 g/mol. The second kappa shape index (κ2) is 9.49. The van der Waals surface area contributed by atoms with E-state index >= 15 is 0 Å².